The zero-order valence-corrected chi connectivity index (χ0v) is 24.6. The second-order valence-corrected chi connectivity index (χ2v) is 13.8. The number of ether oxygens (including phenoxy) is 1. The van der Waals surface area contributed by atoms with Crippen LogP contribution in [-0.2, 0) is 33.3 Å². The SMILES string of the molecule is Cc1ccc(S(=O)(=O)N2C[C@@H](C(=O)NCc3cccc(CN4CCCC4)c3)Oc3ccc(C(C)(C)C)cc32)cc1. The lowest BCUT2D eigenvalue weighted by atomic mass is 9.86. The van der Waals surface area contributed by atoms with Gasteiger partial charge in [0.2, 0.25) is 0 Å². The monoisotopic (exact) mass is 561 g/mol. The highest BCUT2D eigenvalue weighted by Crippen LogP contribution is 2.40. The van der Waals surface area contributed by atoms with Gasteiger partial charge in [0.25, 0.3) is 15.9 Å². The molecule has 7 nitrogen and oxygen atoms in total. The highest BCUT2D eigenvalue weighted by molar-refractivity contribution is 7.92. The summed E-state index contributed by atoms with van der Waals surface area (Å²) in [5.74, 6) is 0.0299. The maximum atomic E-state index is 13.9. The number of carbonyl (C=O) groups excluding carboxylic acids is 1. The van der Waals surface area contributed by atoms with Gasteiger partial charge in [-0.2, -0.15) is 0 Å². The van der Waals surface area contributed by atoms with Gasteiger partial charge in [0.1, 0.15) is 5.75 Å². The number of likely N-dealkylation sites (tertiary alicyclic amines) is 1. The molecule has 3 aromatic carbocycles. The molecule has 40 heavy (non-hydrogen) atoms. The number of anilines is 1. The molecule has 0 saturated carbocycles. The summed E-state index contributed by atoms with van der Waals surface area (Å²) in [4.78, 5) is 16.0. The first-order valence-electron chi connectivity index (χ1n) is 14.0. The van der Waals surface area contributed by atoms with Crippen molar-refractivity contribution in [2.24, 2.45) is 0 Å². The summed E-state index contributed by atoms with van der Waals surface area (Å²) >= 11 is 0. The minimum Gasteiger partial charge on any atom is -0.476 e. The van der Waals surface area contributed by atoms with Gasteiger partial charge in [-0.25, -0.2) is 8.42 Å². The largest absolute Gasteiger partial charge is 0.476 e. The Labute approximate surface area is 238 Å². The van der Waals surface area contributed by atoms with Crippen molar-refractivity contribution < 1.29 is 17.9 Å². The molecule has 0 radical (unpaired) electrons. The minimum atomic E-state index is -3.94. The maximum absolute atomic E-state index is 13.9. The number of benzene rings is 3. The van der Waals surface area contributed by atoms with Gasteiger partial charge in [-0.1, -0.05) is 68.8 Å². The summed E-state index contributed by atoms with van der Waals surface area (Å²) in [6, 6.07) is 20.6. The fourth-order valence-corrected chi connectivity index (χ4v) is 6.73. The van der Waals surface area contributed by atoms with Crippen LogP contribution < -0.4 is 14.4 Å². The molecule has 0 unspecified atom stereocenters. The molecule has 1 atom stereocenters. The molecule has 3 aromatic rings. The van der Waals surface area contributed by atoms with Crippen LogP contribution in [0.4, 0.5) is 5.69 Å². The van der Waals surface area contributed by atoms with Gasteiger partial charge in [0, 0.05) is 13.1 Å². The molecule has 0 spiro atoms. The summed E-state index contributed by atoms with van der Waals surface area (Å²) in [5, 5.41) is 2.98. The molecule has 8 heteroatoms. The van der Waals surface area contributed by atoms with E-state index in [9.17, 15) is 13.2 Å². The number of rotatable bonds is 7. The summed E-state index contributed by atoms with van der Waals surface area (Å²) in [6.07, 6.45) is 1.50. The minimum absolute atomic E-state index is 0.113. The van der Waals surface area contributed by atoms with Crippen molar-refractivity contribution in [2.45, 2.75) is 70.0 Å². The van der Waals surface area contributed by atoms with Crippen molar-refractivity contribution in [3.63, 3.8) is 0 Å². The van der Waals surface area contributed by atoms with Crippen molar-refractivity contribution in [2.75, 3.05) is 23.9 Å². The van der Waals surface area contributed by atoms with Gasteiger partial charge in [-0.15, -0.1) is 0 Å². The molecule has 2 aliphatic heterocycles. The Morgan fingerprint density at radius 2 is 1.68 bits per heavy atom. The average Bonchev–Trinajstić information content (AvgIpc) is 3.43. The molecule has 212 valence electrons. The molecule has 1 saturated heterocycles. The Balaban J connectivity index is 1.37. The van der Waals surface area contributed by atoms with E-state index in [0.717, 1.165) is 36.3 Å². The van der Waals surface area contributed by atoms with Crippen LogP contribution in [0.2, 0.25) is 0 Å². The third kappa shape index (κ3) is 6.18. The molecule has 5 rings (SSSR count). The lowest BCUT2D eigenvalue weighted by molar-refractivity contribution is -0.127. The standard InChI is InChI=1S/C32H39N3O4S/c1-23-10-13-27(14-11-23)40(37,38)35-22-30(39-29-15-12-26(19-28(29)35)32(2,3)4)31(36)33-20-24-8-7-9-25(18-24)21-34-16-5-6-17-34/h7-15,18-19,30H,5-6,16-17,20-22H2,1-4H3,(H,33,36)/t30-/m0/s1. The van der Waals surface area contributed by atoms with Crippen molar-refractivity contribution >= 4 is 21.6 Å². The summed E-state index contributed by atoms with van der Waals surface area (Å²) in [7, 11) is -3.94. The molecule has 2 aliphatic rings. The number of nitrogens with one attached hydrogen (secondary N) is 1. The van der Waals surface area contributed by atoms with Crippen molar-refractivity contribution in [3.05, 3.63) is 89.0 Å². The normalized spacial score (nSPS) is 17.8. The number of hydrogen-bond donors (Lipinski definition) is 1. The third-order valence-corrected chi connectivity index (χ3v) is 9.45. The Morgan fingerprint density at radius 1 is 0.975 bits per heavy atom. The van der Waals surface area contributed by atoms with E-state index in [1.54, 1.807) is 30.3 Å². The van der Waals surface area contributed by atoms with E-state index in [0.29, 0.717) is 18.0 Å². The molecular weight excluding hydrogens is 522 g/mol. The lowest BCUT2D eigenvalue weighted by Crippen LogP contribution is -2.50. The topological polar surface area (TPSA) is 79.0 Å². The molecule has 0 aliphatic carbocycles. The van der Waals surface area contributed by atoms with E-state index in [1.807, 2.05) is 31.2 Å². The quantitative estimate of drug-likeness (QED) is 0.431. The smallest absolute Gasteiger partial charge is 0.264 e. The molecule has 1 N–H and O–H groups in total. The first-order valence-corrected chi connectivity index (χ1v) is 15.4. The molecule has 1 fully saturated rings. The number of amides is 1. The van der Waals surface area contributed by atoms with Gasteiger partial charge in [0.15, 0.2) is 6.10 Å². The number of fused-ring (bicyclic) bond motifs is 1. The fraction of sp³-hybridized carbons (Fsp3) is 0.406. The van der Waals surface area contributed by atoms with Gasteiger partial charge in [-0.05, 0) is 79.2 Å². The number of carbonyl (C=O) groups is 1. The molecule has 1 amide bonds. The van der Waals surface area contributed by atoms with Crippen LogP contribution in [0.1, 0.15) is 55.9 Å². The van der Waals surface area contributed by atoms with Gasteiger partial charge >= 0.3 is 0 Å². The van der Waals surface area contributed by atoms with E-state index in [-0.39, 0.29) is 22.8 Å². The van der Waals surface area contributed by atoms with E-state index >= 15 is 0 Å². The van der Waals surface area contributed by atoms with Crippen LogP contribution in [0.3, 0.4) is 0 Å². The molecule has 2 heterocycles. The summed E-state index contributed by atoms with van der Waals surface area (Å²) in [6.45, 7) is 11.5. The number of aryl methyl sites for hydroxylation is 1. The van der Waals surface area contributed by atoms with E-state index in [2.05, 4.69) is 43.1 Å². The zero-order valence-electron chi connectivity index (χ0n) is 23.8. The first kappa shape index (κ1) is 28.2. The Kier molecular flexibility index (Phi) is 7.93. The molecule has 0 aromatic heterocycles. The predicted octanol–water partition coefficient (Wildman–Crippen LogP) is 5.16. The maximum Gasteiger partial charge on any atom is 0.264 e. The van der Waals surface area contributed by atoms with Crippen LogP contribution in [0, 0.1) is 6.92 Å². The van der Waals surface area contributed by atoms with Crippen LogP contribution in [0.15, 0.2) is 71.6 Å². The molecular formula is C32H39N3O4S. The van der Waals surface area contributed by atoms with E-state index in [4.69, 9.17) is 4.74 Å². The lowest BCUT2D eigenvalue weighted by Gasteiger charge is -2.36. The van der Waals surface area contributed by atoms with Crippen LogP contribution >= 0.6 is 0 Å². The van der Waals surface area contributed by atoms with Crippen molar-refractivity contribution in [3.8, 4) is 5.75 Å². The van der Waals surface area contributed by atoms with Crippen molar-refractivity contribution in [1.82, 2.24) is 10.2 Å². The number of hydrogen-bond acceptors (Lipinski definition) is 5. The summed E-state index contributed by atoms with van der Waals surface area (Å²) < 4.78 is 35.2. The Hall–Kier alpha value is -3.36. The first-order chi connectivity index (χ1) is 19.0. The highest BCUT2D eigenvalue weighted by atomic mass is 32.2. The van der Waals surface area contributed by atoms with Gasteiger partial charge < -0.3 is 10.1 Å². The van der Waals surface area contributed by atoms with Gasteiger partial charge in [-0.3, -0.25) is 14.0 Å². The fourth-order valence-electron chi connectivity index (χ4n) is 5.26. The van der Waals surface area contributed by atoms with Crippen LogP contribution in [0.5, 0.6) is 5.75 Å². The number of nitrogens with zero attached hydrogens (tertiary/aromatic N) is 2. The van der Waals surface area contributed by atoms with Crippen LogP contribution in [0.25, 0.3) is 0 Å². The zero-order chi connectivity index (χ0) is 28.5. The van der Waals surface area contributed by atoms with Crippen molar-refractivity contribution in [1.29, 1.82) is 0 Å². The third-order valence-electron chi connectivity index (χ3n) is 7.66. The predicted molar refractivity (Wildman–Crippen MR) is 158 cm³/mol. The van der Waals surface area contributed by atoms with Gasteiger partial charge in [0.05, 0.1) is 17.1 Å². The van der Waals surface area contributed by atoms with Crippen LogP contribution in [-0.4, -0.2) is 45.0 Å². The summed E-state index contributed by atoms with van der Waals surface area (Å²) in [5.41, 5.74) is 4.44. The average molecular weight is 562 g/mol. The van der Waals surface area contributed by atoms with E-state index in [1.165, 1.54) is 22.7 Å². The Bertz CT molecular complexity index is 1470. The highest BCUT2D eigenvalue weighted by Gasteiger charge is 2.38. The Morgan fingerprint density at radius 3 is 2.38 bits per heavy atom. The number of sulfonamides is 1. The second-order valence-electron chi connectivity index (χ2n) is 11.9. The van der Waals surface area contributed by atoms with E-state index < -0.39 is 16.1 Å². The molecule has 0 bridgehead atoms. The second kappa shape index (κ2) is 11.3.